The SMILES string of the molecule is CCOc1ccc(-c2ccc3ncc4c(c3c2)n(-c2cnccc2C)c(=O)n4C)cn1. The Morgan fingerprint density at radius 2 is 1.84 bits per heavy atom. The zero-order chi connectivity index (χ0) is 21.5. The molecule has 0 bridgehead atoms. The van der Waals surface area contributed by atoms with E-state index in [9.17, 15) is 4.79 Å². The normalized spacial score (nSPS) is 11.3. The van der Waals surface area contributed by atoms with Crippen LogP contribution in [0.5, 0.6) is 5.88 Å². The number of nitrogens with zero attached hydrogens (tertiary/aromatic N) is 5. The molecule has 0 saturated carbocycles. The van der Waals surface area contributed by atoms with Crippen molar-refractivity contribution in [3.05, 3.63) is 77.2 Å². The summed E-state index contributed by atoms with van der Waals surface area (Å²) in [5, 5.41) is 0.893. The molecule has 0 aliphatic rings. The van der Waals surface area contributed by atoms with E-state index in [2.05, 4.69) is 21.0 Å². The number of rotatable bonds is 4. The molecule has 0 saturated heterocycles. The molecule has 4 aromatic heterocycles. The van der Waals surface area contributed by atoms with Crippen LogP contribution in [0.25, 0.3) is 38.8 Å². The Bertz CT molecular complexity index is 1480. The molecule has 0 N–H and O–H groups in total. The third-order valence-electron chi connectivity index (χ3n) is 5.50. The van der Waals surface area contributed by atoms with Gasteiger partial charge < -0.3 is 4.74 Å². The Kier molecular flexibility index (Phi) is 4.51. The molecule has 0 amide bonds. The summed E-state index contributed by atoms with van der Waals surface area (Å²) >= 11 is 0. The molecule has 154 valence electrons. The van der Waals surface area contributed by atoms with Gasteiger partial charge in [-0.2, -0.15) is 0 Å². The maximum absolute atomic E-state index is 13.2. The second kappa shape index (κ2) is 7.36. The fraction of sp³-hybridized carbons (Fsp3) is 0.167. The quantitative estimate of drug-likeness (QED) is 0.446. The van der Waals surface area contributed by atoms with Crippen molar-refractivity contribution in [1.82, 2.24) is 24.1 Å². The predicted molar refractivity (Wildman–Crippen MR) is 121 cm³/mol. The van der Waals surface area contributed by atoms with Gasteiger partial charge >= 0.3 is 5.69 Å². The van der Waals surface area contributed by atoms with Crippen LogP contribution in [0.3, 0.4) is 0 Å². The molecule has 1 aromatic carbocycles. The van der Waals surface area contributed by atoms with Crippen molar-refractivity contribution in [3.63, 3.8) is 0 Å². The van der Waals surface area contributed by atoms with Crippen molar-refractivity contribution >= 4 is 21.9 Å². The number of aryl methyl sites for hydroxylation is 2. The molecule has 0 unspecified atom stereocenters. The van der Waals surface area contributed by atoms with Crippen LogP contribution in [-0.4, -0.2) is 30.7 Å². The van der Waals surface area contributed by atoms with Gasteiger partial charge in [-0.15, -0.1) is 0 Å². The molecule has 5 rings (SSSR count). The number of aromatic nitrogens is 5. The molecule has 31 heavy (non-hydrogen) atoms. The second-order valence-electron chi connectivity index (χ2n) is 7.38. The summed E-state index contributed by atoms with van der Waals surface area (Å²) in [6.45, 7) is 4.48. The van der Waals surface area contributed by atoms with Crippen molar-refractivity contribution in [2.45, 2.75) is 13.8 Å². The van der Waals surface area contributed by atoms with Crippen molar-refractivity contribution < 1.29 is 4.74 Å². The van der Waals surface area contributed by atoms with Crippen molar-refractivity contribution in [2.75, 3.05) is 6.61 Å². The monoisotopic (exact) mass is 411 g/mol. The summed E-state index contributed by atoms with van der Waals surface area (Å²) in [4.78, 5) is 26.4. The van der Waals surface area contributed by atoms with Crippen LogP contribution in [0.15, 0.2) is 66.0 Å². The average Bonchev–Trinajstić information content (AvgIpc) is 3.05. The van der Waals surface area contributed by atoms with Gasteiger partial charge in [0.25, 0.3) is 0 Å². The molecular formula is C24H21N5O2. The lowest BCUT2D eigenvalue weighted by Gasteiger charge is -2.10. The minimum atomic E-state index is -0.131. The van der Waals surface area contributed by atoms with E-state index in [1.807, 2.05) is 44.2 Å². The molecular weight excluding hydrogens is 390 g/mol. The maximum Gasteiger partial charge on any atom is 0.333 e. The lowest BCUT2D eigenvalue weighted by atomic mass is 10.0. The van der Waals surface area contributed by atoms with E-state index in [1.165, 1.54) is 0 Å². The van der Waals surface area contributed by atoms with Crippen LogP contribution >= 0.6 is 0 Å². The van der Waals surface area contributed by atoms with Gasteiger partial charge in [0.15, 0.2) is 0 Å². The molecule has 0 atom stereocenters. The van der Waals surface area contributed by atoms with E-state index in [4.69, 9.17) is 4.74 Å². The number of hydrogen-bond donors (Lipinski definition) is 0. The van der Waals surface area contributed by atoms with Gasteiger partial charge in [0, 0.05) is 36.5 Å². The van der Waals surface area contributed by atoms with Crippen LogP contribution in [0, 0.1) is 6.92 Å². The molecule has 0 radical (unpaired) electrons. The number of pyridine rings is 3. The smallest absolute Gasteiger partial charge is 0.333 e. The van der Waals surface area contributed by atoms with Crippen LogP contribution in [0.4, 0.5) is 0 Å². The second-order valence-corrected chi connectivity index (χ2v) is 7.38. The number of ether oxygens (including phenoxy) is 1. The largest absolute Gasteiger partial charge is 0.478 e. The van der Waals surface area contributed by atoms with Gasteiger partial charge in [0.2, 0.25) is 5.88 Å². The first kappa shape index (κ1) is 19.0. The Morgan fingerprint density at radius 1 is 1.00 bits per heavy atom. The Morgan fingerprint density at radius 3 is 2.58 bits per heavy atom. The number of benzene rings is 1. The fourth-order valence-electron chi connectivity index (χ4n) is 3.87. The molecule has 0 fully saturated rings. The highest BCUT2D eigenvalue weighted by Gasteiger charge is 2.18. The number of fused-ring (bicyclic) bond motifs is 3. The Labute approximate surface area is 178 Å². The van der Waals surface area contributed by atoms with E-state index in [0.29, 0.717) is 12.5 Å². The summed E-state index contributed by atoms with van der Waals surface area (Å²) in [7, 11) is 1.76. The van der Waals surface area contributed by atoms with Gasteiger partial charge in [-0.3, -0.25) is 19.1 Å². The first-order chi connectivity index (χ1) is 15.1. The van der Waals surface area contributed by atoms with E-state index >= 15 is 0 Å². The van der Waals surface area contributed by atoms with Crippen LogP contribution in [0.2, 0.25) is 0 Å². The van der Waals surface area contributed by atoms with E-state index < -0.39 is 0 Å². The Hall–Kier alpha value is -4.00. The van der Waals surface area contributed by atoms with Crippen molar-refractivity contribution in [1.29, 1.82) is 0 Å². The Balaban J connectivity index is 1.79. The highest BCUT2D eigenvalue weighted by atomic mass is 16.5. The van der Waals surface area contributed by atoms with Gasteiger partial charge in [0.05, 0.1) is 41.2 Å². The molecule has 5 aromatic rings. The first-order valence-electron chi connectivity index (χ1n) is 10.1. The van der Waals surface area contributed by atoms with Gasteiger partial charge in [-0.1, -0.05) is 6.07 Å². The van der Waals surface area contributed by atoms with Crippen molar-refractivity contribution in [2.24, 2.45) is 7.05 Å². The maximum atomic E-state index is 13.2. The predicted octanol–water partition coefficient (Wildman–Crippen LogP) is 4.04. The molecule has 4 heterocycles. The molecule has 0 spiro atoms. The zero-order valence-electron chi connectivity index (χ0n) is 17.5. The number of hydrogen-bond acceptors (Lipinski definition) is 5. The van der Waals surface area contributed by atoms with E-state index in [1.54, 1.807) is 41.0 Å². The molecule has 0 aliphatic heterocycles. The summed E-state index contributed by atoms with van der Waals surface area (Å²) in [5.41, 5.74) is 5.95. The lowest BCUT2D eigenvalue weighted by molar-refractivity contribution is 0.327. The summed E-state index contributed by atoms with van der Waals surface area (Å²) in [6, 6.07) is 11.8. The number of imidazole rings is 1. The molecule has 7 heteroatoms. The minimum Gasteiger partial charge on any atom is -0.478 e. The highest BCUT2D eigenvalue weighted by Crippen LogP contribution is 2.30. The minimum absolute atomic E-state index is 0.131. The van der Waals surface area contributed by atoms with Crippen LogP contribution in [-0.2, 0) is 7.05 Å². The van der Waals surface area contributed by atoms with Crippen molar-refractivity contribution in [3.8, 4) is 22.7 Å². The van der Waals surface area contributed by atoms with E-state index in [-0.39, 0.29) is 5.69 Å². The average molecular weight is 411 g/mol. The van der Waals surface area contributed by atoms with Crippen LogP contribution in [0.1, 0.15) is 12.5 Å². The summed E-state index contributed by atoms with van der Waals surface area (Å²) in [6.07, 6.45) is 7.00. The molecule has 0 aliphatic carbocycles. The topological polar surface area (TPSA) is 74.8 Å². The fourth-order valence-corrected chi connectivity index (χ4v) is 3.87. The zero-order valence-corrected chi connectivity index (χ0v) is 17.5. The lowest BCUT2D eigenvalue weighted by Crippen LogP contribution is -2.21. The first-order valence-corrected chi connectivity index (χ1v) is 10.1. The molecule has 7 nitrogen and oxygen atoms in total. The third-order valence-corrected chi connectivity index (χ3v) is 5.50. The highest BCUT2D eigenvalue weighted by molar-refractivity contribution is 6.04. The third kappa shape index (κ3) is 3.06. The summed E-state index contributed by atoms with van der Waals surface area (Å²) < 4.78 is 8.80. The van der Waals surface area contributed by atoms with E-state index in [0.717, 1.165) is 44.3 Å². The standard InChI is InChI=1S/C24H21N5O2/c1-4-31-22-8-6-17(12-27-22)16-5-7-19-18(11-16)23-21(14-26-19)28(3)24(30)29(23)20-13-25-10-9-15(20)2/h5-14H,4H2,1-3H3. The van der Waals surface area contributed by atoms with Gasteiger partial charge in [-0.05, 0) is 49.2 Å². The van der Waals surface area contributed by atoms with Crippen LogP contribution < -0.4 is 10.4 Å². The van der Waals surface area contributed by atoms with Gasteiger partial charge in [-0.25, -0.2) is 9.78 Å². The summed E-state index contributed by atoms with van der Waals surface area (Å²) in [5.74, 6) is 0.597. The van der Waals surface area contributed by atoms with Gasteiger partial charge in [0.1, 0.15) is 0 Å².